The number of carboxylic acids is 1. The van der Waals surface area contributed by atoms with Gasteiger partial charge in [0.2, 0.25) is 11.8 Å². The Hall–Kier alpha value is -2.43. The van der Waals surface area contributed by atoms with Crippen LogP contribution in [0.1, 0.15) is 30.0 Å². The van der Waals surface area contributed by atoms with E-state index in [2.05, 4.69) is 0 Å². The summed E-state index contributed by atoms with van der Waals surface area (Å²) in [5.41, 5.74) is 1.75. The van der Waals surface area contributed by atoms with Gasteiger partial charge in [-0.25, -0.2) is 0 Å². The Balaban J connectivity index is 1.71. The quantitative estimate of drug-likeness (QED) is 0.681. The highest BCUT2D eigenvalue weighted by molar-refractivity contribution is 6.07. The Morgan fingerprint density at radius 1 is 1.12 bits per heavy atom. The van der Waals surface area contributed by atoms with Gasteiger partial charge in [-0.3, -0.25) is 19.3 Å². The zero-order chi connectivity index (χ0) is 17.0. The van der Waals surface area contributed by atoms with Crippen LogP contribution in [0.15, 0.2) is 36.4 Å². The van der Waals surface area contributed by atoms with Gasteiger partial charge in [-0.05, 0) is 30.7 Å². The third kappa shape index (κ3) is 2.11. The van der Waals surface area contributed by atoms with Gasteiger partial charge in [-0.1, -0.05) is 42.0 Å². The molecule has 4 rings (SSSR count). The number of aryl methyl sites for hydroxylation is 1. The molecular weight excluding hydrogens is 306 g/mol. The lowest BCUT2D eigenvalue weighted by molar-refractivity contribution is -0.146. The van der Waals surface area contributed by atoms with Crippen molar-refractivity contribution in [3.8, 4) is 0 Å². The van der Waals surface area contributed by atoms with Crippen molar-refractivity contribution in [1.29, 1.82) is 0 Å². The SMILES string of the molecule is Cc1ccc(C(CC(=O)O)N2C(=O)C3C4C=CC(C4)C3C2=O)cc1. The summed E-state index contributed by atoms with van der Waals surface area (Å²) in [4.78, 5) is 38.4. The fourth-order valence-electron chi connectivity index (χ4n) is 4.54. The molecule has 124 valence electrons. The van der Waals surface area contributed by atoms with E-state index in [9.17, 15) is 19.5 Å². The maximum atomic E-state index is 12.9. The number of allylic oxidation sites excluding steroid dienone is 2. The Morgan fingerprint density at radius 3 is 2.17 bits per heavy atom. The molecule has 1 N–H and O–H groups in total. The first kappa shape index (κ1) is 15.1. The predicted octanol–water partition coefficient (Wildman–Crippen LogP) is 2.32. The molecule has 2 fully saturated rings. The summed E-state index contributed by atoms with van der Waals surface area (Å²) in [5.74, 6) is -1.75. The van der Waals surface area contributed by atoms with Gasteiger partial charge < -0.3 is 5.11 Å². The lowest BCUT2D eigenvalue weighted by Gasteiger charge is -2.27. The van der Waals surface area contributed by atoms with Crippen molar-refractivity contribution < 1.29 is 19.5 Å². The van der Waals surface area contributed by atoms with Crippen LogP contribution in [0.25, 0.3) is 0 Å². The van der Waals surface area contributed by atoms with E-state index in [0.29, 0.717) is 5.56 Å². The molecule has 2 amide bonds. The average Bonchev–Trinajstić information content (AvgIpc) is 3.20. The van der Waals surface area contributed by atoms with Crippen LogP contribution in [-0.4, -0.2) is 27.8 Å². The van der Waals surface area contributed by atoms with Gasteiger partial charge in [0.05, 0.1) is 24.3 Å². The molecule has 5 heteroatoms. The number of amides is 2. The van der Waals surface area contributed by atoms with Crippen molar-refractivity contribution in [3.05, 3.63) is 47.5 Å². The van der Waals surface area contributed by atoms with Gasteiger partial charge in [0, 0.05) is 0 Å². The molecule has 1 aromatic rings. The summed E-state index contributed by atoms with van der Waals surface area (Å²) in [6.07, 6.45) is 4.69. The Labute approximate surface area is 140 Å². The van der Waals surface area contributed by atoms with Crippen molar-refractivity contribution in [3.63, 3.8) is 0 Å². The van der Waals surface area contributed by atoms with Crippen molar-refractivity contribution in [2.24, 2.45) is 23.7 Å². The van der Waals surface area contributed by atoms with E-state index in [-0.39, 0.29) is 41.9 Å². The van der Waals surface area contributed by atoms with E-state index in [1.54, 1.807) is 0 Å². The van der Waals surface area contributed by atoms with Gasteiger partial charge >= 0.3 is 5.97 Å². The number of rotatable bonds is 4. The third-order valence-electron chi connectivity index (χ3n) is 5.65. The van der Waals surface area contributed by atoms with Gasteiger partial charge in [0.1, 0.15) is 0 Å². The van der Waals surface area contributed by atoms with Gasteiger partial charge in [-0.2, -0.15) is 0 Å². The molecule has 1 saturated heterocycles. The first-order valence-electron chi connectivity index (χ1n) is 8.31. The standard InChI is InChI=1S/C19H19NO4/c1-10-2-4-11(5-3-10)14(9-15(21)22)20-18(23)16-12-6-7-13(8-12)17(16)19(20)24/h2-7,12-14,16-17H,8-9H2,1H3,(H,21,22). The highest BCUT2D eigenvalue weighted by Crippen LogP contribution is 2.54. The van der Waals surface area contributed by atoms with E-state index in [1.807, 2.05) is 43.3 Å². The summed E-state index contributed by atoms with van der Waals surface area (Å²) in [6, 6.07) is 6.64. The number of hydrogen-bond acceptors (Lipinski definition) is 3. The first-order chi connectivity index (χ1) is 11.5. The molecule has 1 aromatic carbocycles. The highest BCUT2D eigenvalue weighted by Gasteiger charge is 2.60. The highest BCUT2D eigenvalue weighted by atomic mass is 16.4. The number of nitrogens with zero attached hydrogens (tertiary/aromatic N) is 1. The Morgan fingerprint density at radius 2 is 1.67 bits per heavy atom. The summed E-state index contributed by atoms with van der Waals surface area (Å²) < 4.78 is 0. The summed E-state index contributed by atoms with van der Waals surface area (Å²) >= 11 is 0. The number of carbonyl (C=O) groups excluding carboxylic acids is 2. The minimum atomic E-state index is -1.01. The van der Waals surface area contributed by atoms with Crippen molar-refractivity contribution >= 4 is 17.8 Å². The normalized spacial score (nSPS) is 31.6. The summed E-state index contributed by atoms with van der Waals surface area (Å²) in [6.45, 7) is 1.94. The van der Waals surface area contributed by atoms with E-state index < -0.39 is 12.0 Å². The minimum Gasteiger partial charge on any atom is -0.481 e. The lowest BCUT2D eigenvalue weighted by Crippen LogP contribution is -2.37. The Kier molecular flexibility index (Phi) is 3.34. The van der Waals surface area contributed by atoms with E-state index in [0.717, 1.165) is 12.0 Å². The number of carbonyl (C=O) groups is 3. The fourth-order valence-corrected chi connectivity index (χ4v) is 4.54. The lowest BCUT2D eigenvalue weighted by atomic mass is 9.85. The maximum absolute atomic E-state index is 12.9. The number of hydrogen-bond donors (Lipinski definition) is 1. The van der Waals surface area contributed by atoms with Gasteiger partial charge in [-0.15, -0.1) is 0 Å². The molecule has 5 nitrogen and oxygen atoms in total. The summed E-state index contributed by atoms with van der Waals surface area (Å²) in [5, 5.41) is 9.29. The molecule has 0 aromatic heterocycles. The maximum Gasteiger partial charge on any atom is 0.305 e. The molecule has 0 radical (unpaired) electrons. The molecule has 2 bridgehead atoms. The molecule has 1 saturated carbocycles. The van der Waals surface area contributed by atoms with Crippen LogP contribution in [0.4, 0.5) is 0 Å². The molecule has 2 aliphatic carbocycles. The molecule has 5 unspecified atom stereocenters. The predicted molar refractivity (Wildman–Crippen MR) is 85.7 cm³/mol. The second-order valence-electron chi connectivity index (χ2n) is 7.07. The van der Waals surface area contributed by atoms with Crippen molar-refractivity contribution in [2.45, 2.75) is 25.8 Å². The smallest absolute Gasteiger partial charge is 0.305 e. The molecular formula is C19H19NO4. The molecule has 24 heavy (non-hydrogen) atoms. The molecule has 3 aliphatic rings. The number of fused-ring (bicyclic) bond motifs is 5. The van der Waals surface area contributed by atoms with Crippen molar-refractivity contribution in [1.82, 2.24) is 4.90 Å². The first-order valence-corrected chi connectivity index (χ1v) is 8.31. The number of aliphatic carboxylic acids is 1. The number of imide groups is 1. The van der Waals surface area contributed by atoms with E-state index in [4.69, 9.17) is 0 Å². The second-order valence-corrected chi connectivity index (χ2v) is 7.07. The van der Waals surface area contributed by atoms with Gasteiger partial charge in [0.25, 0.3) is 0 Å². The van der Waals surface area contributed by atoms with E-state index >= 15 is 0 Å². The minimum absolute atomic E-state index is 0.130. The largest absolute Gasteiger partial charge is 0.481 e. The molecule has 0 spiro atoms. The third-order valence-corrected chi connectivity index (χ3v) is 5.65. The number of likely N-dealkylation sites (tertiary alicyclic amines) is 1. The van der Waals surface area contributed by atoms with Crippen LogP contribution in [0.3, 0.4) is 0 Å². The monoisotopic (exact) mass is 325 g/mol. The van der Waals surface area contributed by atoms with Crippen LogP contribution < -0.4 is 0 Å². The fraction of sp³-hybridized carbons (Fsp3) is 0.421. The van der Waals surface area contributed by atoms with Crippen LogP contribution in [-0.2, 0) is 14.4 Å². The van der Waals surface area contributed by atoms with E-state index in [1.165, 1.54) is 4.90 Å². The molecule has 5 atom stereocenters. The Bertz CT molecular complexity index is 721. The summed E-state index contributed by atoms with van der Waals surface area (Å²) in [7, 11) is 0. The van der Waals surface area contributed by atoms with Crippen LogP contribution >= 0.6 is 0 Å². The molecule has 1 heterocycles. The number of carboxylic acid groups (broad SMARTS) is 1. The molecule has 1 aliphatic heterocycles. The van der Waals surface area contributed by atoms with Crippen LogP contribution in [0.2, 0.25) is 0 Å². The number of benzene rings is 1. The van der Waals surface area contributed by atoms with Crippen LogP contribution in [0, 0.1) is 30.6 Å². The average molecular weight is 325 g/mol. The van der Waals surface area contributed by atoms with Crippen molar-refractivity contribution in [2.75, 3.05) is 0 Å². The van der Waals surface area contributed by atoms with Crippen LogP contribution in [0.5, 0.6) is 0 Å². The second kappa shape index (κ2) is 5.30. The topological polar surface area (TPSA) is 74.7 Å². The zero-order valence-corrected chi connectivity index (χ0v) is 13.4. The van der Waals surface area contributed by atoms with Gasteiger partial charge in [0.15, 0.2) is 0 Å². The zero-order valence-electron chi connectivity index (χ0n) is 13.4.